The maximum atomic E-state index is 13.1. The Kier molecular flexibility index (Phi) is 10.8. The number of rotatable bonds is 14. The number of hydrogen-bond donors (Lipinski definition) is 3. The summed E-state index contributed by atoms with van der Waals surface area (Å²) < 4.78 is 16.3. The van der Waals surface area contributed by atoms with Crippen LogP contribution in [-0.2, 0) is 23.8 Å². The molecule has 5 amide bonds. The van der Waals surface area contributed by atoms with Gasteiger partial charge in [-0.1, -0.05) is 6.07 Å². The van der Waals surface area contributed by atoms with Gasteiger partial charge in [-0.3, -0.25) is 29.4 Å². The number of fused-ring (bicyclic) bond motifs is 1. The number of imide groups is 2. The zero-order chi connectivity index (χ0) is 28.4. The van der Waals surface area contributed by atoms with Crippen molar-refractivity contribution in [3.63, 3.8) is 0 Å². The van der Waals surface area contributed by atoms with Crippen molar-refractivity contribution in [3.05, 3.63) is 29.3 Å². The Bertz CT molecular complexity index is 1070. The second-order valence-electron chi connectivity index (χ2n) is 10.3. The van der Waals surface area contributed by atoms with Crippen LogP contribution in [0.25, 0.3) is 0 Å². The van der Waals surface area contributed by atoms with E-state index in [2.05, 4.69) is 16.0 Å². The molecule has 12 heteroatoms. The van der Waals surface area contributed by atoms with Crippen molar-refractivity contribution in [2.75, 3.05) is 44.8 Å². The molecule has 0 radical (unpaired) electrons. The maximum Gasteiger partial charge on any atom is 0.407 e. The Hall–Kier alpha value is -3.51. The van der Waals surface area contributed by atoms with E-state index in [-0.39, 0.29) is 24.0 Å². The Morgan fingerprint density at radius 3 is 2.31 bits per heavy atom. The Balaban J connectivity index is 1.28. The fourth-order valence-electron chi connectivity index (χ4n) is 4.21. The molecule has 0 aromatic heterocycles. The molecule has 0 bridgehead atoms. The number of alkyl carbamates (subject to hydrolysis) is 1. The summed E-state index contributed by atoms with van der Waals surface area (Å²) in [4.78, 5) is 62.2. The molecule has 39 heavy (non-hydrogen) atoms. The average Bonchev–Trinajstić information content (AvgIpc) is 3.11. The number of carbonyl (C=O) groups is 5. The standard InChI is InChI=1S/C27H38N4O8/c1-27(2,3)39-26(36)29-13-6-15-38-17-7-16-37-14-5-12-28-19-9-4-8-18-22(19)25(35)31(24(18)34)20-10-11-21(32)30-23(20)33/h4,8-9,20,28H,5-7,10-17H2,1-3H3,(H,29,36)(H,30,32,33). The van der Waals surface area contributed by atoms with E-state index in [0.717, 1.165) is 11.3 Å². The SMILES string of the molecule is CC(C)(C)OC(=O)NCCCOCCCOCCCNc1cccc2c1C(=O)N(C1CCC(=O)NC1=O)C2=O. The minimum Gasteiger partial charge on any atom is -0.444 e. The predicted molar refractivity (Wildman–Crippen MR) is 141 cm³/mol. The summed E-state index contributed by atoms with van der Waals surface area (Å²) in [6.45, 7) is 8.60. The molecule has 1 aromatic rings. The third kappa shape index (κ3) is 8.75. The second kappa shape index (κ2) is 14.0. The average molecular weight is 547 g/mol. The first-order valence-electron chi connectivity index (χ1n) is 13.3. The van der Waals surface area contributed by atoms with E-state index in [0.29, 0.717) is 58.0 Å². The lowest BCUT2D eigenvalue weighted by atomic mass is 10.0. The third-order valence-electron chi connectivity index (χ3n) is 5.96. The number of carbonyl (C=O) groups excluding carboxylic acids is 5. The summed E-state index contributed by atoms with van der Waals surface area (Å²) >= 11 is 0. The van der Waals surface area contributed by atoms with Crippen molar-refractivity contribution in [1.82, 2.24) is 15.5 Å². The minimum atomic E-state index is -0.991. The van der Waals surface area contributed by atoms with Gasteiger partial charge >= 0.3 is 6.09 Å². The largest absolute Gasteiger partial charge is 0.444 e. The molecule has 1 saturated heterocycles. The molecule has 2 heterocycles. The van der Waals surface area contributed by atoms with Crippen molar-refractivity contribution < 1.29 is 38.2 Å². The highest BCUT2D eigenvalue weighted by atomic mass is 16.6. The molecule has 1 fully saturated rings. The molecule has 1 aromatic carbocycles. The number of amides is 5. The van der Waals surface area contributed by atoms with Crippen molar-refractivity contribution in [1.29, 1.82) is 0 Å². The summed E-state index contributed by atoms with van der Waals surface area (Å²) in [5, 5.41) is 8.07. The molecule has 0 saturated carbocycles. The molecule has 2 aliphatic heterocycles. The highest BCUT2D eigenvalue weighted by Crippen LogP contribution is 2.32. The van der Waals surface area contributed by atoms with E-state index in [1.807, 2.05) is 20.8 Å². The van der Waals surface area contributed by atoms with Gasteiger partial charge in [0.05, 0.1) is 11.1 Å². The lowest BCUT2D eigenvalue weighted by Crippen LogP contribution is -2.54. The van der Waals surface area contributed by atoms with E-state index >= 15 is 0 Å². The van der Waals surface area contributed by atoms with Gasteiger partial charge < -0.3 is 24.8 Å². The van der Waals surface area contributed by atoms with Crippen LogP contribution in [0.1, 0.15) is 73.6 Å². The zero-order valence-corrected chi connectivity index (χ0v) is 22.8. The highest BCUT2D eigenvalue weighted by molar-refractivity contribution is 6.25. The fourth-order valence-corrected chi connectivity index (χ4v) is 4.21. The summed E-state index contributed by atoms with van der Waals surface area (Å²) in [6.07, 6.45) is 1.87. The summed E-state index contributed by atoms with van der Waals surface area (Å²) in [5.74, 6) is -2.11. The van der Waals surface area contributed by atoms with Crippen LogP contribution in [0.2, 0.25) is 0 Å². The second-order valence-corrected chi connectivity index (χ2v) is 10.3. The van der Waals surface area contributed by atoms with Crippen molar-refractivity contribution in [2.24, 2.45) is 0 Å². The Labute approximate surface area is 228 Å². The van der Waals surface area contributed by atoms with Crippen LogP contribution >= 0.6 is 0 Å². The van der Waals surface area contributed by atoms with Gasteiger partial charge in [0.25, 0.3) is 11.8 Å². The van der Waals surface area contributed by atoms with Crippen LogP contribution < -0.4 is 16.0 Å². The minimum absolute atomic E-state index is 0.0778. The molecule has 12 nitrogen and oxygen atoms in total. The molecule has 1 unspecified atom stereocenters. The van der Waals surface area contributed by atoms with Crippen LogP contribution in [0.15, 0.2) is 18.2 Å². The fraction of sp³-hybridized carbons (Fsp3) is 0.593. The first-order chi connectivity index (χ1) is 18.6. The highest BCUT2D eigenvalue weighted by Gasteiger charge is 2.45. The van der Waals surface area contributed by atoms with Crippen LogP contribution in [-0.4, -0.2) is 85.8 Å². The molecule has 0 spiro atoms. The lowest BCUT2D eigenvalue weighted by Gasteiger charge is -2.27. The van der Waals surface area contributed by atoms with E-state index in [1.54, 1.807) is 18.2 Å². The van der Waals surface area contributed by atoms with Crippen molar-refractivity contribution >= 4 is 35.4 Å². The predicted octanol–water partition coefficient (Wildman–Crippen LogP) is 2.23. The van der Waals surface area contributed by atoms with Gasteiger partial charge in [0.1, 0.15) is 11.6 Å². The molecule has 2 aliphatic rings. The number of nitrogens with zero attached hydrogens (tertiary/aromatic N) is 1. The number of anilines is 1. The smallest absolute Gasteiger partial charge is 0.407 e. The van der Waals surface area contributed by atoms with E-state index < -0.39 is 41.4 Å². The van der Waals surface area contributed by atoms with Crippen LogP contribution in [0.3, 0.4) is 0 Å². The zero-order valence-electron chi connectivity index (χ0n) is 22.8. The van der Waals surface area contributed by atoms with Gasteiger partial charge in [0, 0.05) is 51.6 Å². The van der Waals surface area contributed by atoms with Gasteiger partial charge in [-0.05, 0) is 58.6 Å². The Morgan fingerprint density at radius 1 is 0.974 bits per heavy atom. The maximum absolute atomic E-state index is 13.1. The number of nitrogens with one attached hydrogen (secondary N) is 3. The summed E-state index contributed by atoms with van der Waals surface area (Å²) in [5.41, 5.74) is 0.493. The van der Waals surface area contributed by atoms with Crippen LogP contribution in [0.5, 0.6) is 0 Å². The van der Waals surface area contributed by atoms with Crippen LogP contribution in [0.4, 0.5) is 10.5 Å². The first-order valence-corrected chi connectivity index (χ1v) is 13.3. The monoisotopic (exact) mass is 546 g/mol. The van der Waals surface area contributed by atoms with Crippen LogP contribution in [0, 0.1) is 0 Å². The summed E-state index contributed by atoms with van der Waals surface area (Å²) in [6, 6.07) is 3.98. The van der Waals surface area contributed by atoms with E-state index in [1.165, 1.54) is 0 Å². The molecule has 214 valence electrons. The summed E-state index contributed by atoms with van der Waals surface area (Å²) in [7, 11) is 0. The molecular weight excluding hydrogens is 508 g/mol. The number of hydrogen-bond acceptors (Lipinski definition) is 9. The first kappa shape index (κ1) is 30.0. The van der Waals surface area contributed by atoms with Gasteiger partial charge in [0.2, 0.25) is 11.8 Å². The van der Waals surface area contributed by atoms with Gasteiger partial charge in [-0.25, -0.2) is 4.79 Å². The molecule has 1 atom stereocenters. The lowest BCUT2D eigenvalue weighted by molar-refractivity contribution is -0.136. The van der Waals surface area contributed by atoms with Gasteiger partial charge in [-0.2, -0.15) is 0 Å². The van der Waals surface area contributed by atoms with E-state index in [4.69, 9.17) is 14.2 Å². The third-order valence-corrected chi connectivity index (χ3v) is 5.96. The van der Waals surface area contributed by atoms with E-state index in [9.17, 15) is 24.0 Å². The molecule has 3 rings (SSSR count). The normalized spacial score (nSPS) is 17.2. The number of ether oxygens (including phenoxy) is 3. The topological polar surface area (TPSA) is 152 Å². The van der Waals surface area contributed by atoms with Crippen molar-refractivity contribution in [3.8, 4) is 0 Å². The van der Waals surface area contributed by atoms with Gasteiger partial charge in [-0.15, -0.1) is 0 Å². The Morgan fingerprint density at radius 2 is 1.64 bits per heavy atom. The number of piperidine rings is 1. The molecule has 0 aliphatic carbocycles. The van der Waals surface area contributed by atoms with Crippen molar-refractivity contribution in [2.45, 2.75) is 64.5 Å². The quantitative estimate of drug-likeness (QED) is 0.236. The number of benzene rings is 1. The molecule has 3 N–H and O–H groups in total. The van der Waals surface area contributed by atoms with Gasteiger partial charge in [0.15, 0.2) is 0 Å². The molecular formula is C27H38N4O8.